The number of amides is 2. The van der Waals surface area contributed by atoms with Crippen molar-refractivity contribution in [3.63, 3.8) is 0 Å². The molecule has 5 rings (SSSR count). The van der Waals surface area contributed by atoms with Crippen LogP contribution in [0.4, 0.5) is 15.8 Å². The predicted molar refractivity (Wildman–Crippen MR) is 119 cm³/mol. The molecule has 32 heavy (non-hydrogen) atoms. The number of methoxy groups -OCH3 is 1. The molecule has 1 unspecified atom stereocenters. The highest BCUT2D eigenvalue weighted by molar-refractivity contribution is 6.31. The molecule has 6 nitrogen and oxygen atoms in total. The zero-order valence-corrected chi connectivity index (χ0v) is 17.9. The lowest BCUT2D eigenvalue weighted by Crippen LogP contribution is -2.29. The molecule has 3 aromatic carbocycles. The van der Waals surface area contributed by atoms with E-state index in [4.69, 9.17) is 22.1 Å². The number of hydrogen-bond donors (Lipinski definition) is 2. The summed E-state index contributed by atoms with van der Waals surface area (Å²) < 4.78 is 19.4. The zero-order chi connectivity index (χ0) is 22.6. The van der Waals surface area contributed by atoms with Gasteiger partial charge in [-0.3, -0.25) is 9.59 Å². The molecule has 8 heteroatoms. The summed E-state index contributed by atoms with van der Waals surface area (Å²) in [6, 6.07) is 12.4. The number of benzene rings is 3. The van der Waals surface area contributed by atoms with E-state index in [2.05, 4.69) is 5.32 Å². The van der Waals surface area contributed by atoms with E-state index in [1.54, 1.807) is 18.1 Å². The van der Waals surface area contributed by atoms with Crippen molar-refractivity contribution in [3.8, 4) is 5.75 Å². The largest absolute Gasteiger partial charge is 0.497 e. The molecule has 3 aromatic rings. The van der Waals surface area contributed by atoms with Crippen molar-refractivity contribution in [1.82, 2.24) is 4.90 Å². The van der Waals surface area contributed by atoms with E-state index < -0.39 is 11.9 Å². The third kappa shape index (κ3) is 3.17. The van der Waals surface area contributed by atoms with Crippen LogP contribution in [0.25, 0.3) is 0 Å². The number of nitrogen functional groups attached to an aromatic ring is 1. The van der Waals surface area contributed by atoms with E-state index in [9.17, 15) is 14.0 Å². The molecule has 0 aromatic heterocycles. The second kappa shape index (κ2) is 7.53. The average molecular weight is 452 g/mol. The van der Waals surface area contributed by atoms with Crippen LogP contribution in [-0.4, -0.2) is 23.8 Å². The summed E-state index contributed by atoms with van der Waals surface area (Å²) in [7, 11) is 1.58. The number of anilines is 2. The Bertz CT molecular complexity index is 1280. The SMILES string of the molecule is COc1ccc(CN2C(=O)c3c4c(cc(N)c3C2c2cc(F)ccc2Cl)NC(=O)C4)cc1. The summed E-state index contributed by atoms with van der Waals surface area (Å²) in [5, 5.41) is 3.08. The highest BCUT2D eigenvalue weighted by Gasteiger charge is 2.44. The minimum atomic E-state index is -0.691. The van der Waals surface area contributed by atoms with Gasteiger partial charge in [-0.1, -0.05) is 23.7 Å². The Morgan fingerprint density at radius 2 is 1.94 bits per heavy atom. The lowest BCUT2D eigenvalue weighted by molar-refractivity contribution is -0.115. The molecule has 2 aliphatic rings. The molecule has 0 saturated carbocycles. The number of fused-ring (bicyclic) bond motifs is 3. The van der Waals surface area contributed by atoms with E-state index >= 15 is 0 Å². The van der Waals surface area contributed by atoms with E-state index in [1.807, 2.05) is 24.3 Å². The molecule has 2 amide bonds. The van der Waals surface area contributed by atoms with Gasteiger partial charge in [0, 0.05) is 34.1 Å². The second-order valence-corrected chi connectivity index (χ2v) is 8.26. The van der Waals surface area contributed by atoms with Gasteiger partial charge in [0.2, 0.25) is 5.91 Å². The Balaban J connectivity index is 1.68. The summed E-state index contributed by atoms with van der Waals surface area (Å²) >= 11 is 6.46. The van der Waals surface area contributed by atoms with E-state index in [-0.39, 0.29) is 24.8 Å². The summed E-state index contributed by atoms with van der Waals surface area (Å²) in [5.41, 5.74) is 10.1. The fourth-order valence-electron chi connectivity index (χ4n) is 4.51. The first-order chi connectivity index (χ1) is 15.4. The number of nitrogens with two attached hydrogens (primary N) is 1. The van der Waals surface area contributed by atoms with Crippen molar-refractivity contribution in [1.29, 1.82) is 0 Å². The van der Waals surface area contributed by atoms with Crippen molar-refractivity contribution >= 4 is 34.8 Å². The molecule has 2 heterocycles. The lowest BCUT2D eigenvalue weighted by Gasteiger charge is -2.27. The van der Waals surface area contributed by atoms with Crippen LogP contribution in [0.15, 0.2) is 48.5 Å². The normalized spacial score (nSPS) is 16.7. The van der Waals surface area contributed by atoms with Gasteiger partial charge < -0.3 is 20.7 Å². The van der Waals surface area contributed by atoms with Gasteiger partial charge in [0.15, 0.2) is 0 Å². The molecule has 0 bridgehead atoms. The van der Waals surface area contributed by atoms with Crippen LogP contribution in [0.5, 0.6) is 5.75 Å². The highest BCUT2D eigenvalue weighted by Crippen LogP contribution is 2.48. The summed E-state index contributed by atoms with van der Waals surface area (Å²) in [5.74, 6) is -0.247. The average Bonchev–Trinajstić information content (AvgIpc) is 3.28. The zero-order valence-electron chi connectivity index (χ0n) is 17.1. The fraction of sp³-hybridized carbons (Fsp3) is 0.167. The van der Waals surface area contributed by atoms with Crippen molar-refractivity contribution in [2.75, 3.05) is 18.2 Å². The number of rotatable bonds is 4. The smallest absolute Gasteiger partial charge is 0.255 e. The molecular weight excluding hydrogens is 433 g/mol. The lowest BCUT2D eigenvalue weighted by atomic mass is 9.92. The van der Waals surface area contributed by atoms with Crippen LogP contribution in [0.1, 0.15) is 38.7 Å². The first-order valence-corrected chi connectivity index (χ1v) is 10.4. The standard InChI is InChI=1S/C24H19ClFN3O3/c1-32-14-5-2-12(3-6-14)11-29-23(15-8-13(26)4-7-17(15)25)22-18(27)10-19-16(9-20(30)28-19)21(22)24(29)31/h2-8,10,23H,9,11,27H2,1H3,(H,28,30). The van der Waals surface area contributed by atoms with Gasteiger partial charge in [-0.15, -0.1) is 0 Å². The molecule has 0 saturated heterocycles. The quantitative estimate of drug-likeness (QED) is 0.579. The number of nitrogens with zero attached hydrogens (tertiary/aromatic N) is 1. The van der Waals surface area contributed by atoms with Crippen molar-refractivity contribution in [3.05, 3.63) is 87.2 Å². The minimum Gasteiger partial charge on any atom is -0.497 e. The monoisotopic (exact) mass is 451 g/mol. The van der Waals surface area contributed by atoms with Crippen LogP contribution in [0.2, 0.25) is 5.02 Å². The molecular formula is C24H19ClFN3O3. The molecule has 0 spiro atoms. The Morgan fingerprint density at radius 1 is 1.19 bits per heavy atom. The maximum Gasteiger partial charge on any atom is 0.255 e. The molecule has 0 radical (unpaired) electrons. The van der Waals surface area contributed by atoms with Gasteiger partial charge >= 0.3 is 0 Å². The first kappa shape index (κ1) is 20.3. The number of carbonyl (C=O) groups excluding carboxylic acids is 2. The fourth-order valence-corrected chi connectivity index (χ4v) is 4.73. The topological polar surface area (TPSA) is 84.7 Å². The Labute approximate surface area is 188 Å². The number of hydrogen-bond acceptors (Lipinski definition) is 4. The van der Waals surface area contributed by atoms with Crippen molar-refractivity contribution in [2.45, 2.75) is 19.0 Å². The van der Waals surface area contributed by atoms with E-state index in [1.165, 1.54) is 18.2 Å². The number of nitrogens with one attached hydrogen (secondary N) is 1. The third-order valence-corrected chi connectivity index (χ3v) is 6.29. The van der Waals surface area contributed by atoms with Crippen LogP contribution >= 0.6 is 11.6 Å². The molecule has 0 fully saturated rings. The second-order valence-electron chi connectivity index (χ2n) is 7.86. The van der Waals surface area contributed by atoms with Gasteiger partial charge in [0.1, 0.15) is 11.6 Å². The molecule has 0 aliphatic carbocycles. The van der Waals surface area contributed by atoms with Gasteiger partial charge in [0.05, 0.1) is 25.1 Å². The van der Waals surface area contributed by atoms with Crippen LogP contribution in [0.3, 0.4) is 0 Å². The van der Waals surface area contributed by atoms with Crippen molar-refractivity contribution < 1.29 is 18.7 Å². The van der Waals surface area contributed by atoms with Crippen molar-refractivity contribution in [2.24, 2.45) is 0 Å². The minimum absolute atomic E-state index is 0.0870. The molecule has 2 aliphatic heterocycles. The highest BCUT2D eigenvalue weighted by atomic mass is 35.5. The summed E-state index contributed by atoms with van der Waals surface area (Å²) in [6.45, 7) is 0.241. The predicted octanol–water partition coefficient (Wildman–Crippen LogP) is 4.31. The number of halogens is 2. The van der Waals surface area contributed by atoms with Crippen LogP contribution in [0, 0.1) is 5.82 Å². The maximum absolute atomic E-state index is 14.2. The number of ether oxygens (including phenoxy) is 1. The van der Waals surface area contributed by atoms with Gasteiger partial charge in [0.25, 0.3) is 5.91 Å². The molecule has 162 valence electrons. The Hall–Kier alpha value is -3.58. The Kier molecular flexibility index (Phi) is 4.78. The molecule has 3 N–H and O–H groups in total. The maximum atomic E-state index is 14.2. The van der Waals surface area contributed by atoms with E-state index in [0.29, 0.717) is 44.4 Å². The van der Waals surface area contributed by atoms with Gasteiger partial charge in [-0.2, -0.15) is 0 Å². The van der Waals surface area contributed by atoms with E-state index in [0.717, 1.165) is 5.56 Å². The number of carbonyl (C=O) groups is 2. The van der Waals surface area contributed by atoms with Crippen LogP contribution in [-0.2, 0) is 17.8 Å². The Morgan fingerprint density at radius 3 is 2.66 bits per heavy atom. The third-order valence-electron chi connectivity index (χ3n) is 5.94. The summed E-state index contributed by atoms with van der Waals surface area (Å²) in [6.07, 6.45) is 0.0870. The first-order valence-electron chi connectivity index (χ1n) is 10.0. The molecule has 1 atom stereocenters. The summed E-state index contributed by atoms with van der Waals surface area (Å²) in [4.78, 5) is 27.4. The van der Waals surface area contributed by atoms with Crippen LogP contribution < -0.4 is 15.8 Å². The van der Waals surface area contributed by atoms with Gasteiger partial charge in [-0.05, 0) is 47.5 Å². The van der Waals surface area contributed by atoms with Gasteiger partial charge in [-0.25, -0.2) is 4.39 Å².